The third kappa shape index (κ3) is 3.43. The van der Waals surface area contributed by atoms with Crippen LogP contribution >= 0.6 is 0 Å². The van der Waals surface area contributed by atoms with Crippen LogP contribution in [-0.4, -0.2) is 55.3 Å². The van der Waals surface area contributed by atoms with Crippen molar-refractivity contribution in [2.24, 2.45) is 0 Å². The van der Waals surface area contributed by atoms with Gasteiger partial charge in [-0.05, 0) is 65.9 Å². The normalized spacial score (nSPS) is 16.4. The van der Waals surface area contributed by atoms with E-state index in [1.54, 1.807) is 6.07 Å². The standard InChI is InChI=1S/C25H26N4O2/c1-27-15-20(16-28(27)2)17-7-9-23-18(13-17)5-4-12-29(23)24-10-11-26-22-8-6-19(14-21(22)24)25(30)31-3/h6-11,13-15H,4-5,12,16H2,1-3H3. The molecule has 2 aliphatic heterocycles. The van der Waals surface area contributed by atoms with E-state index in [2.05, 4.69) is 58.4 Å². The molecule has 31 heavy (non-hydrogen) atoms. The zero-order chi connectivity index (χ0) is 21.5. The van der Waals surface area contributed by atoms with Gasteiger partial charge in [0.05, 0.1) is 23.9 Å². The van der Waals surface area contributed by atoms with Crippen molar-refractivity contribution in [2.45, 2.75) is 12.8 Å². The van der Waals surface area contributed by atoms with Crippen LogP contribution < -0.4 is 4.90 Å². The molecular formula is C25H26N4O2. The molecule has 3 aromatic rings. The van der Waals surface area contributed by atoms with E-state index in [9.17, 15) is 4.79 Å². The van der Waals surface area contributed by atoms with Crippen molar-refractivity contribution >= 4 is 33.8 Å². The van der Waals surface area contributed by atoms with Gasteiger partial charge in [-0.25, -0.2) is 9.80 Å². The highest BCUT2D eigenvalue weighted by atomic mass is 16.5. The summed E-state index contributed by atoms with van der Waals surface area (Å²) in [7, 11) is 5.58. The highest BCUT2D eigenvalue weighted by molar-refractivity contribution is 6.00. The van der Waals surface area contributed by atoms with Gasteiger partial charge in [0.2, 0.25) is 0 Å². The first-order valence-corrected chi connectivity index (χ1v) is 10.6. The third-order valence-electron chi connectivity index (χ3n) is 6.28. The summed E-state index contributed by atoms with van der Waals surface area (Å²) < 4.78 is 4.92. The number of methoxy groups -OCH3 is 1. The Hall–Kier alpha value is -3.38. The van der Waals surface area contributed by atoms with Crippen LogP contribution in [0.3, 0.4) is 0 Å². The van der Waals surface area contributed by atoms with E-state index >= 15 is 0 Å². The summed E-state index contributed by atoms with van der Waals surface area (Å²) in [6, 6.07) is 14.4. The number of likely N-dealkylation sites (N-methyl/N-ethyl adjacent to an activating group) is 1. The van der Waals surface area contributed by atoms with Crippen molar-refractivity contribution in [1.29, 1.82) is 0 Å². The predicted octanol–water partition coefficient (Wildman–Crippen LogP) is 4.24. The number of anilines is 2. The van der Waals surface area contributed by atoms with Crippen LogP contribution in [0.2, 0.25) is 0 Å². The number of carbonyl (C=O) groups is 1. The maximum atomic E-state index is 12.1. The molecule has 0 saturated carbocycles. The van der Waals surface area contributed by atoms with Gasteiger partial charge < -0.3 is 14.6 Å². The van der Waals surface area contributed by atoms with Gasteiger partial charge in [-0.3, -0.25) is 4.98 Å². The van der Waals surface area contributed by atoms with Crippen molar-refractivity contribution in [3.8, 4) is 0 Å². The Morgan fingerprint density at radius 3 is 2.71 bits per heavy atom. The van der Waals surface area contributed by atoms with E-state index < -0.39 is 0 Å². The zero-order valence-corrected chi connectivity index (χ0v) is 18.1. The summed E-state index contributed by atoms with van der Waals surface area (Å²) >= 11 is 0. The van der Waals surface area contributed by atoms with Crippen LogP contribution in [0.4, 0.5) is 11.4 Å². The molecule has 2 aromatic carbocycles. The second-order valence-electron chi connectivity index (χ2n) is 8.20. The minimum absolute atomic E-state index is 0.333. The monoisotopic (exact) mass is 414 g/mol. The van der Waals surface area contributed by atoms with Gasteiger partial charge in [-0.2, -0.15) is 0 Å². The van der Waals surface area contributed by atoms with Gasteiger partial charge in [0.15, 0.2) is 0 Å². The molecule has 1 aromatic heterocycles. The number of hydrazine groups is 1. The Kier molecular flexibility index (Phi) is 4.87. The van der Waals surface area contributed by atoms with Crippen LogP contribution in [-0.2, 0) is 11.2 Å². The number of aromatic nitrogens is 1. The summed E-state index contributed by atoms with van der Waals surface area (Å²) in [5.41, 5.74) is 7.69. The molecule has 0 aliphatic carbocycles. The first-order valence-electron chi connectivity index (χ1n) is 10.6. The van der Waals surface area contributed by atoms with Crippen molar-refractivity contribution in [2.75, 3.05) is 39.2 Å². The van der Waals surface area contributed by atoms with Crippen LogP contribution in [0.15, 0.2) is 54.9 Å². The van der Waals surface area contributed by atoms with Crippen LogP contribution in [0.1, 0.15) is 27.9 Å². The number of carbonyl (C=O) groups excluding carboxylic acids is 1. The van der Waals surface area contributed by atoms with Gasteiger partial charge >= 0.3 is 5.97 Å². The average molecular weight is 415 g/mol. The van der Waals surface area contributed by atoms with E-state index in [4.69, 9.17) is 4.74 Å². The Balaban J connectivity index is 1.57. The van der Waals surface area contributed by atoms with Crippen molar-refractivity contribution < 1.29 is 9.53 Å². The maximum absolute atomic E-state index is 12.1. The Bertz CT molecular complexity index is 1200. The number of ether oxygens (including phenoxy) is 1. The van der Waals surface area contributed by atoms with Gasteiger partial charge in [-0.15, -0.1) is 0 Å². The Morgan fingerprint density at radius 1 is 1.06 bits per heavy atom. The van der Waals surface area contributed by atoms with Gasteiger partial charge in [0.25, 0.3) is 0 Å². The summed E-state index contributed by atoms with van der Waals surface area (Å²) in [4.78, 5) is 18.9. The zero-order valence-electron chi connectivity index (χ0n) is 18.1. The fourth-order valence-corrected chi connectivity index (χ4v) is 4.55. The molecule has 0 spiro atoms. The molecule has 2 aliphatic rings. The topological polar surface area (TPSA) is 48.9 Å². The number of rotatable bonds is 3. The number of hydrogen-bond donors (Lipinski definition) is 0. The molecule has 0 saturated heterocycles. The first-order chi connectivity index (χ1) is 15.0. The van der Waals surface area contributed by atoms with E-state index in [1.165, 1.54) is 29.5 Å². The highest BCUT2D eigenvalue weighted by Crippen LogP contribution is 2.38. The Morgan fingerprint density at radius 2 is 1.94 bits per heavy atom. The smallest absolute Gasteiger partial charge is 0.337 e. The number of nitrogens with zero attached hydrogens (tertiary/aromatic N) is 4. The summed E-state index contributed by atoms with van der Waals surface area (Å²) in [5, 5.41) is 5.29. The molecule has 0 unspecified atom stereocenters. The molecule has 0 atom stereocenters. The van der Waals surface area contributed by atoms with Gasteiger partial charge in [-0.1, -0.05) is 6.07 Å². The largest absolute Gasteiger partial charge is 0.465 e. The maximum Gasteiger partial charge on any atom is 0.337 e. The summed E-state index contributed by atoms with van der Waals surface area (Å²) in [6.45, 7) is 1.85. The van der Waals surface area contributed by atoms with Crippen molar-refractivity contribution in [3.05, 3.63) is 71.6 Å². The summed E-state index contributed by atoms with van der Waals surface area (Å²) in [5.74, 6) is -0.333. The molecule has 0 fully saturated rings. The molecule has 158 valence electrons. The number of pyridine rings is 1. The molecule has 5 rings (SSSR count). The van der Waals surface area contributed by atoms with Crippen LogP contribution in [0, 0.1) is 0 Å². The third-order valence-corrected chi connectivity index (χ3v) is 6.28. The molecular weight excluding hydrogens is 388 g/mol. The van der Waals surface area contributed by atoms with Crippen molar-refractivity contribution in [3.63, 3.8) is 0 Å². The predicted molar refractivity (Wildman–Crippen MR) is 123 cm³/mol. The SMILES string of the molecule is COC(=O)c1ccc2nccc(N3CCCc4cc(C5=CN(C)N(C)C5)ccc43)c2c1. The van der Waals surface area contributed by atoms with E-state index in [-0.39, 0.29) is 5.97 Å². The summed E-state index contributed by atoms with van der Waals surface area (Å²) in [6.07, 6.45) is 6.19. The number of hydrogen-bond acceptors (Lipinski definition) is 6. The molecule has 6 heteroatoms. The average Bonchev–Trinajstić information content (AvgIpc) is 3.15. The molecule has 0 radical (unpaired) electrons. The quantitative estimate of drug-likeness (QED) is 0.598. The molecule has 6 nitrogen and oxygen atoms in total. The molecule has 0 N–H and O–H groups in total. The number of aryl methyl sites for hydroxylation is 1. The second-order valence-corrected chi connectivity index (χ2v) is 8.20. The number of fused-ring (bicyclic) bond motifs is 2. The Labute approximate surface area is 182 Å². The molecule has 0 amide bonds. The number of esters is 1. The lowest BCUT2D eigenvalue weighted by Crippen LogP contribution is -2.27. The van der Waals surface area contributed by atoms with Crippen LogP contribution in [0.25, 0.3) is 16.5 Å². The van der Waals surface area contributed by atoms with E-state index in [0.717, 1.165) is 42.5 Å². The van der Waals surface area contributed by atoms with Gasteiger partial charge in [0.1, 0.15) is 0 Å². The van der Waals surface area contributed by atoms with Gasteiger partial charge in [0, 0.05) is 50.7 Å². The minimum Gasteiger partial charge on any atom is -0.465 e. The minimum atomic E-state index is -0.333. The van der Waals surface area contributed by atoms with Crippen LogP contribution in [0.5, 0.6) is 0 Å². The second kappa shape index (κ2) is 7.71. The van der Waals surface area contributed by atoms with E-state index in [1.807, 2.05) is 24.4 Å². The lowest BCUT2D eigenvalue weighted by atomic mass is 9.95. The molecule has 3 heterocycles. The fourth-order valence-electron chi connectivity index (χ4n) is 4.55. The first kappa shape index (κ1) is 19.6. The van der Waals surface area contributed by atoms with Crippen molar-refractivity contribution in [1.82, 2.24) is 15.0 Å². The lowest BCUT2D eigenvalue weighted by molar-refractivity contribution is 0.0601. The molecule has 0 bridgehead atoms. The lowest BCUT2D eigenvalue weighted by Gasteiger charge is -2.32. The highest BCUT2D eigenvalue weighted by Gasteiger charge is 2.23. The number of benzene rings is 2. The fraction of sp³-hybridized carbons (Fsp3) is 0.280. The van der Waals surface area contributed by atoms with E-state index in [0.29, 0.717) is 5.56 Å².